The van der Waals surface area contributed by atoms with Gasteiger partial charge in [0.05, 0.1) is 0 Å². The lowest BCUT2D eigenvalue weighted by Crippen LogP contribution is -1.97. The maximum absolute atomic E-state index is 11.6. The van der Waals surface area contributed by atoms with Crippen molar-refractivity contribution >= 4 is 5.78 Å². The molecule has 1 N–H and O–H groups in total. The molecule has 1 aromatic heterocycles. The number of aromatic nitrogens is 1. The molecule has 3 heteroatoms. The summed E-state index contributed by atoms with van der Waals surface area (Å²) in [4.78, 5) is 15.6. The van der Waals surface area contributed by atoms with Gasteiger partial charge < -0.3 is 5.11 Å². The highest BCUT2D eigenvalue weighted by Gasteiger charge is 2.12. The number of aromatic hydroxyl groups is 1. The fourth-order valence-corrected chi connectivity index (χ4v) is 1.75. The fraction of sp³-hybridized carbons (Fsp3) is 0.250. The summed E-state index contributed by atoms with van der Waals surface area (Å²) in [6.07, 6.45) is 3.39. The first kappa shape index (κ1) is 14.9. The lowest BCUT2D eigenvalue weighted by Gasteiger charge is -2.09. The molecular weight excluding hydrogens is 238 g/mol. The molecule has 0 saturated heterocycles. The summed E-state index contributed by atoms with van der Waals surface area (Å²) < 4.78 is 0. The van der Waals surface area contributed by atoms with Gasteiger partial charge in [0.25, 0.3) is 0 Å². The van der Waals surface area contributed by atoms with E-state index in [0.29, 0.717) is 5.56 Å². The molecule has 1 aromatic carbocycles. The number of benzene rings is 1. The molecule has 19 heavy (non-hydrogen) atoms. The van der Waals surface area contributed by atoms with E-state index in [4.69, 9.17) is 0 Å². The smallest absolute Gasteiger partial charge is 0.160 e. The van der Waals surface area contributed by atoms with Crippen LogP contribution < -0.4 is 0 Å². The minimum absolute atomic E-state index is 0.0702. The van der Waals surface area contributed by atoms with Crippen molar-refractivity contribution in [3.8, 4) is 16.9 Å². The minimum atomic E-state index is -0.0702. The van der Waals surface area contributed by atoms with Crippen LogP contribution in [0.4, 0.5) is 0 Å². The van der Waals surface area contributed by atoms with Gasteiger partial charge in [0, 0.05) is 23.5 Å². The SMILES string of the molecule is CC.CC(=O)c1cc(O)c(C)cc1-c1cccnc1. The summed E-state index contributed by atoms with van der Waals surface area (Å²) in [6, 6.07) is 7.04. The van der Waals surface area contributed by atoms with Crippen LogP contribution in [0.1, 0.15) is 36.7 Å². The summed E-state index contributed by atoms with van der Waals surface area (Å²) in [5.74, 6) is 0.0713. The second kappa shape index (κ2) is 6.69. The number of carbonyl (C=O) groups is 1. The molecule has 0 aliphatic rings. The van der Waals surface area contributed by atoms with Gasteiger partial charge in [0.2, 0.25) is 0 Å². The number of pyridine rings is 1. The van der Waals surface area contributed by atoms with E-state index in [0.717, 1.165) is 16.7 Å². The van der Waals surface area contributed by atoms with Gasteiger partial charge >= 0.3 is 0 Å². The third kappa shape index (κ3) is 3.41. The second-order valence-electron chi connectivity index (χ2n) is 3.98. The van der Waals surface area contributed by atoms with Crippen LogP contribution in [-0.4, -0.2) is 15.9 Å². The summed E-state index contributed by atoms with van der Waals surface area (Å²) >= 11 is 0. The topological polar surface area (TPSA) is 50.2 Å². The van der Waals surface area contributed by atoms with Crippen LogP contribution in [0.3, 0.4) is 0 Å². The van der Waals surface area contributed by atoms with Gasteiger partial charge in [0.1, 0.15) is 5.75 Å². The van der Waals surface area contributed by atoms with Crippen molar-refractivity contribution in [1.29, 1.82) is 0 Å². The molecule has 2 rings (SSSR count). The number of Topliss-reactive ketones (excluding diaryl/α,β-unsaturated/α-hetero) is 1. The van der Waals surface area contributed by atoms with Crippen molar-refractivity contribution in [2.45, 2.75) is 27.7 Å². The number of rotatable bonds is 2. The van der Waals surface area contributed by atoms with E-state index < -0.39 is 0 Å². The van der Waals surface area contributed by atoms with Crippen LogP contribution in [0.15, 0.2) is 36.7 Å². The zero-order chi connectivity index (χ0) is 14.4. The number of hydrogen-bond acceptors (Lipinski definition) is 3. The van der Waals surface area contributed by atoms with E-state index >= 15 is 0 Å². The molecule has 1 heterocycles. The summed E-state index contributed by atoms with van der Waals surface area (Å²) in [6.45, 7) is 7.29. The molecular formula is C16H19NO2. The molecule has 0 fully saturated rings. The molecule has 0 atom stereocenters. The number of phenols is 1. The summed E-state index contributed by atoms with van der Waals surface area (Å²) in [5.41, 5.74) is 2.94. The van der Waals surface area contributed by atoms with Crippen molar-refractivity contribution in [2.75, 3.05) is 0 Å². The average molecular weight is 257 g/mol. The monoisotopic (exact) mass is 257 g/mol. The fourth-order valence-electron chi connectivity index (χ4n) is 1.75. The minimum Gasteiger partial charge on any atom is -0.508 e. The molecule has 0 saturated carbocycles. The molecule has 3 nitrogen and oxygen atoms in total. The predicted molar refractivity (Wildman–Crippen MR) is 77.4 cm³/mol. The van der Waals surface area contributed by atoms with Gasteiger partial charge in [-0.1, -0.05) is 19.9 Å². The molecule has 0 radical (unpaired) electrons. The first-order chi connectivity index (χ1) is 9.09. The van der Waals surface area contributed by atoms with Gasteiger partial charge in [-0.25, -0.2) is 0 Å². The number of aryl methyl sites for hydroxylation is 1. The molecule has 2 aromatic rings. The molecule has 0 aliphatic heterocycles. The Morgan fingerprint density at radius 3 is 2.47 bits per heavy atom. The van der Waals surface area contributed by atoms with Crippen LogP contribution in [0, 0.1) is 6.92 Å². The zero-order valence-corrected chi connectivity index (χ0v) is 11.8. The van der Waals surface area contributed by atoms with E-state index in [9.17, 15) is 9.90 Å². The first-order valence-corrected chi connectivity index (χ1v) is 6.34. The van der Waals surface area contributed by atoms with Crippen molar-refractivity contribution in [3.05, 3.63) is 47.8 Å². The van der Waals surface area contributed by atoms with Crippen molar-refractivity contribution in [1.82, 2.24) is 4.98 Å². The summed E-state index contributed by atoms with van der Waals surface area (Å²) in [5, 5.41) is 9.65. The Kier molecular flexibility index (Phi) is 5.24. The number of nitrogens with zero attached hydrogens (tertiary/aromatic N) is 1. The average Bonchev–Trinajstić information content (AvgIpc) is 2.44. The lowest BCUT2D eigenvalue weighted by molar-refractivity contribution is 0.101. The van der Waals surface area contributed by atoms with Crippen LogP contribution >= 0.6 is 0 Å². The highest BCUT2D eigenvalue weighted by atomic mass is 16.3. The van der Waals surface area contributed by atoms with Crippen LogP contribution in [-0.2, 0) is 0 Å². The third-order valence-corrected chi connectivity index (χ3v) is 2.69. The number of carbonyl (C=O) groups excluding carboxylic acids is 1. The number of hydrogen-bond donors (Lipinski definition) is 1. The van der Waals surface area contributed by atoms with Crippen LogP contribution in [0.25, 0.3) is 11.1 Å². The van der Waals surface area contributed by atoms with Gasteiger partial charge in [-0.15, -0.1) is 0 Å². The molecule has 0 aliphatic carbocycles. The van der Waals surface area contributed by atoms with E-state index in [2.05, 4.69) is 4.98 Å². The zero-order valence-electron chi connectivity index (χ0n) is 11.8. The van der Waals surface area contributed by atoms with Crippen molar-refractivity contribution in [3.63, 3.8) is 0 Å². The highest BCUT2D eigenvalue weighted by Crippen LogP contribution is 2.29. The standard InChI is InChI=1S/C14H13NO2.C2H6/c1-9-6-13(11-4-3-5-15-8-11)12(10(2)16)7-14(9)17;1-2/h3-8,17H,1-2H3;1-2H3. The second-order valence-corrected chi connectivity index (χ2v) is 3.98. The van der Waals surface area contributed by atoms with Crippen molar-refractivity contribution < 1.29 is 9.90 Å². The lowest BCUT2D eigenvalue weighted by atomic mass is 9.96. The normalized spacial score (nSPS) is 9.47. The Balaban J connectivity index is 0.000000861. The van der Waals surface area contributed by atoms with Crippen LogP contribution in [0.5, 0.6) is 5.75 Å². The Labute approximate surface area is 113 Å². The predicted octanol–water partition coefficient (Wildman–Crippen LogP) is 3.99. The molecule has 0 spiro atoms. The van der Waals surface area contributed by atoms with E-state index in [1.807, 2.05) is 32.0 Å². The third-order valence-electron chi connectivity index (χ3n) is 2.69. The van der Waals surface area contributed by atoms with E-state index in [1.165, 1.54) is 13.0 Å². The maximum atomic E-state index is 11.6. The van der Waals surface area contributed by atoms with Crippen molar-refractivity contribution in [2.24, 2.45) is 0 Å². The Morgan fingerprint density at radius 1 is 1.26 bits per heavy atom. The highest BCUT2D eigenvalue weighted by molar-refractivity contribution is 6.01. The number of phenolic OH excluding ortho intramolecular Hbond substituents is 1. The maximum Gasteiger partial charge on any atom is 0.160 e. The van der Waals surface area contributed by atoms with E-state index in [-0.39, 0.29) is 11.5 Å². The molecule has 0 bridgehead atoms. The van der Waals surface area contributed by atoms with E-state index in [1.54, 1.807) is 19.3 Å². The molecule has 100 valence electrons. The Morgan fingerprint density at radius 2 is 1.95 bits per heavy atom. The van der Waals surface area contributed by atoms with Gasteiger partial charge in [-0.3, -0.25) is 9.78 Å². The molecule has 0 unspecified atom stereocenters. The van der Waals surface area contributed by atoms with Gasteiger partial charge in [-0.2, -0.15) is 0 Å². The Hall–Kier alpha value is -2.16. The molecule has 0 amide bonds. The Bertz CT molecular complexity index is 562. The quantitative estimate of drug-likeness (QED) is 0.827. The van der Waals surface area contributed by atoms with Gasteiger partial charge in [-0.05, 0) is 43.2 Å². The van der Waals surface area contributed by atoms with Gasteiger partial charge in [0.15, 0.2) is 5.78 Å². The first-order valence-electron chi connectivity index (χ1n) is 6.34. The number of ketones is 1. The largest absolute Gasteiger partial charge is 0.508 e. The van der Waals surface area contributed by atoms with Crippen LogP contribution in [0.2, 0.25) is 0 Å². The summed E-state index contributed by atoms with van der Waals surface area (Å²) in [7, 11) is 0.